The van der Waals surface area contributed by atoms with Gasteiger partial charge in [-0.3, -0.25) is 4.98 Å². The number of aromatic nitrogens is 1. The van der Waals surface area contributed by atoms with E-state index in [0.29, 0.717) is 17.1 Å². The van der Waals surface area contributed by atoms with Crippen molar-refractivity contribution in [1.29, 1.82) is 0 Å². The Hall–Kier alpha value is -3.09. The number of pyridine rings is 1. The molecule has 0 fully saturated rings. The highest BCUT2D eigenvalue weighted by Gasteiger charge is 2.11. The maximum atomic E-state index is 11.4. The zero-order chi connectivity index (χ0) is 16.1. The molecule has 0 saturated heterocycles. The van der Waals surface area contributed by atoms with Gasteiger partial charge in [0, 0.05) is 6.20 Å². The lowest BCUT2D eigenvalue weighted by molar-refractivity contribution is 0.0591. The molecule has 7 heteroatoms. The monoisotopic (exact) mass is 302 g/mol. The Balaban J connectivity index is 2.24. The van der Waals surface area contributed by atoms with Gasteiger partial charge in [0.05, 0.1) is 37.2 Å². The van der Waals surface area contributed by atoms with Gasteiger partial charge in [0.2, 0.25) is 0 Å². The first kappa shape index (κ1) is 15.3. The number of carbonyl (C=O) groups excluding carboxylic acids is 2. The molecule has 1 heterocycles. The maximum Gasteiger partial charge on any atom is 0.339 e. The van der Waals surface area contributed by atoms with Crippen molar-refractivity contribution < 1.29 is 23.8 Å². The molecule has 0 bridgehead atoms. The van der Waals surface area contributed by atoms with Crippen molar-refractivity contribution >= 4 is 17.6 Å². The molecule has 7 nitrogen and oxygen atoms in total. The van der Waals surface area contributed by atoms with Crippen LogP contribution in [0.1, 0.15) is 20.7 Å². The number of benzene rings is 1. The molecule has 0 saturated carbocycles. The van der Waals surface area contributed by atoms with Crippen LogP contribution in [0.25, 0.3) is 0 Å². The second-order valence-corrected chi connectivity index (χ2v) is 4.25. The molecular weight excluding hydrogens is 288 g/mol. The molecule has 2 N–H and O–H groups in total. The van der Waals surface area contributed by atoms with Crippen molar-refractivity contribution in [3.8, 4) is 11.5 Å². The average molecular weight is 302 g/mol. The molecule has 0 amide bonds. The van der Waals surface area contributed by atoms with Crippen molar-refractivity contribution in [2.75, 3.05) is 20.0 Å². The number of rotatable bonds is 4. The lowest BCUT2D eigenvalue weighted by Crippen LogP contribution is -2.04. The number of esters is 2. The summed E-state index contributed by atoms with van der Waals surface area (Å²) in [5.74, 6) is -0.364. The Morgan fingerprint density at radius 3 is 2.32 bits per heavy atom. The zero-order valence-corrected chi connectivity index (χ0v) is 12.0. The van der Waals surface area contributed by atoms with Crippen LogP contribution in [-0.2, 0) is 9.47 Å². The van der Waals surface area contributed by atoms with Gasteiger partial charge in [-0.1, -0.05) is 0 Å². The summed E-state index contributed by atoms with van der Waals surface area (Å²) < 4.78 is 14.8. The molecule has 0 aliphatic rings. The molecule has 0 atom stereocenters. The minimum Gasteiger partial charge on any atom is -0.465 e. The van der Waals surface area contributed by atoms with E-state index in [2.05, 4.69) is 14.5 Å². The van der Waals surface area contributed by atoms with Gasteiger partial charge < -0.3 is 19.9 Å². The fourth-order valence-corrected chi connectivity index (χ4v) is 1.72. The zero-order valence-electron chi connectivity index (χ0n) is 12.0. The first-order valence-corrected chi connectivity index (χ1v) is 6.24. The first-order chi connectivity index (χ1) is 10.5. The van der Waals surface area contributed by atoms with Gasteiger partial charge in [-0.15, -0.1) is 0 Å². The number of nitrogens with zero attached hydrogens (tertiary/aromatic N) is 1. The Morgan fingerprint density at radius 2 is 1.68 bits per heavy atom. The van der Waals surface area contributed by atoms with Crippen molar-refractivity contribution in [3.05, 3.63) is 47.8 Å². The fourth-order valence-electron chi connectivity index (χ4n) is 1.72. The van der Waals surface area contributed by atoms with Gasteiger partial charge in [0.15, 0.2) is 0 Å². The average Bonchev–Trinajstić information content (AvgIpc) is 2.55. The molecular formula is C15H14N2O5. The third-order valence-corrected chi connectivity index (χ3v) is 2.79. The van der Waals surface area contributed by atoms with E-state index in [9.17, 15) is 9.59 Å². The normalized spacial score (nSPS) is 9.91. The van der Waals surface area contributed by atoms with Gasteiger partial charge in [0.25, 0.3) is 0 Å². The van der Waals surface area contributed by atoms with E-state index in [-0.39, 0.29) is 11.3 Å². The number of nitrogen functional groups attached to an aromatic ring is 1. The van der Waals surface area contributed by atoms with Gasteiger partial charge >= 0.3 is 11.9 Å². The van der Waals surface area contributed by atoms with Crippen LogP contribution >= 0.6 is 0 Å². The van der Waals surface area contributed by atoms with Gasteiger partial charge in [-0.25, -0.2) is 9.59 Å². The first-order valence-electron chi connectivity index (χ1n) is 6.24. The van der Waals surface area contributed by atoms with Crippen LogP contribution in [0.5, 0.6) is 11.5 Å². The third kappa shape index (κ3) is 3.32. The van der Waals surface area contributed by atoms with E-state index >= 15 is 0 Å². The molecule has 0 aliphatic carbocycles. The molecule has 0 spiro atoms. The summed E-state index contributed by atoms with van der Waals surface area (Å²) in [6.07, 6.45) is 2.79. The number of nitrogens with two attached hydrogens (primary N) is 1. The highest BCUT2D eigenvalue weighted by atomic mass is 16.5. The van der Waals surface area contributed by atoms with Crippen LogP contribution in [0.4, 0.5) is 5.69 Å². The molecule has 0 radical (unpaired) electrons. The minimum atomic E-state index is -0.521. The van der Waals surface area contributed by atoms with Gasteiger partial charge in [-0.05, 0) is 24.3 Å². The molecule has 1 aromatic heterocycles. The summed E-state index contributed by atoms with van der Waals surface area (Å²) in [7, 11) is 2.56. The summed E-state index contributed by atoms with van der Waals surface area (Å²) in [6, 6.07) is 5.98. The smallest absolute Gasteiger partial charge is 0.339 e. The largest absolute Gasteiger partial charge is 0.465 e. The molecule has 1 aromatic carbocycles. The van der Waals surface area contributed by atoms with Crippen molar-refractivity contribution in [3.63, 3.8) is 0 Å². The topological polar surface area (TPSA) is 101 Å². The summed E-state index contributed by atoms with van der Waals surface area (Å²) in [5, 5.41) is 0. The quantitative estimate of drug-likeness (QED) is 0.681. The molecule has 22 heavy (non-hydrogen) atoms. The number of carbonyl (C=O) groups is 2. The van der Waals surface area contributed by atoms with Crippen LogP contribution in [-0.4, -0.2) is 31.1 Å². The number of anilines is 1. The van der Waals surface area contributed by atoms with E-state index in [1.165, 1.54) is 50.9 Å². The van der Waals surface area contributed by atoms with Crippen LogP contribution in [0.3, 0.4) is 0 Å². The van der Waals surface area contributed by atoms with E-state index in [0.717, 1.165) is 0 Å². The lowest BCUT2D eigenvalue weighted by atomic mass is 10.2. The number of hydrogen-bond acceptors (Lipinski definition) is 7. The number of methoxy groups -OCH3 is 2. The van der Waals surface area contributed by atoms with Crippen molar-refractivity contribution in [2.24, 2.45) is 0 Å². The van der Waals surface area contributed by atoms with Crippen molar-refractivity contribution in [1.82, 2.24) is 4.98 Å². The summed E-state index contributed by atoms with van der Waals surface area (Å²) in [5.41, 5.74) is 6.66. The van der Waals surface area contributed by atoms with Crippen LogP contribution in [0.15, 0.2) is 36.7 Å². The summed E-state index contributed by atoms with van der Waals surface area (Å²) in [4.78, 5) is 26.7. The SMILES string of the molecule is COC(=O)c1cncc(Oc2ccc(C(=O)OC)cc2N)c1. The van der Waals surface area contributed by atoms with Gasteiger partial charge in [-0.2, -0.15) is 0 Å². The predicted octanol–water partition coefficient (Wildman–Crippen LogP) is 2.03. The summed E-state index contributed by atoms with van der Waals surface area (Å²) in [6.45, 7) is 0. The van der Waals surface area contributed by atoms with Crippen LogP contribution < -0.4 is 10.5 Å². The Morgan fingerprint density at radius 1 is 1.00 bits per heavy atom. The Bertz CT molecular complexity index is 715. The molecule has 0 aliphatic heterocycles. The van der Waals surface area contributed by atoms with E-state index in [1.807, 2.05) is 0 Å². The molecule has 114 valence electrons. The highest BCUT2D eigenvalue weighted by molar-refractivity contribution is 5.91. The van der Waals surface area contributed by atoms with Crippen molar-refractivity contribution in [2.45, 2.75) is 0 Å². The number of ether oxygens (including phenoxy) is 3. The second kappa shape index (κ2) is 6.57. The Kier molecular flexibility index (Phi) is 4.57. The van der Waals surface area contributed by atoms with E-state index < -0.39 is 11.9 Å². The van der Waals surface area contributed by atoms with Crippen LogP contribution in [0.2, 0.25) is 0 Å². The summed E-state index contributed by atoms with van der Waals surface area (Å²) >= 11 is 0. The second-order valence-electron chi connectivity index (χ2n) is 4.25. The standard InChI is InChI=1S/C15H14N2O5/c1-20-14(18)9-3-4-13(12(16)6-9)22-11-5-10(7-17-8-11)15(19)21-2/h3-8H,16H2,1-2H3. The number of hydrogen-bond donors (Lipinski definition) is 1. The van der Waals surface area contributed by atoms with E-state index in [1.54, 1.807) is 0 Å². The predicted molar refractivity (Wildman–Crippen MR) is 77.8 cm³/mol. The van der Waals surface area contributed by atoms with Gasteiger partial charge in [0.1, 0.15) is 11.5 Å². The third-order valence-electron chi connectivity index (χ3n) is 2.79. The lowest BCUT2D eigenvalue weighted by Gasteiger charge is -2.10. The van der Waals surface area contributed by atoms with Crippen LogP contribution in [0, 0.1) is 0 Å². The Labute approximate surface area is 126 Å². The molecule has 2 aromatic rings. The minimum absolute atomic E-state index is 0.254. The van der Waals surface area contributed by atoms with E-state index in [4.69, 9.17) is 10.5 Å². The highest BCUT2D eigenvalue weighted by Crippen LogP contribution is 2.28. The fraction of sp³-hybridized carbons (Fsp3) is 0.133. The molecule has 0 unspecified atom stereocenters. The maximum absolute atomic E-state index is 11.4. The molecule has 2 rings (SSSR count).